The van der Waals surface area contributed by atoms with Gasteiger partial charge in [-0.1, -0.05) is 0 Å². The van der Waals surface area contributed by atoms with Crippen LogP contribution in [0.1, 0.15) is 76.3 Å². The summed E-state index contributed by atoms with van der Waals surface area (Å²) in [6.45, 7) is 9.01. The van der Waals surface area contributed by atoms with Crippen LogP contribution in [0.2, 0.25) is 9.88 Å². The number of para-hydroxylation sites is 2. The Morgan fingerprint density at radius 2 is 0.963 bits per heavy atom. The van der Waals surface area contributed by atoms with E-state index < -0.39 is 19.2 Å². The zero-order valence-corrected chi connectivity index (χ0v) is 20.8. The van der Waals surface area contributed by atoms with E-state index in [1.54, 1.807) is 0 Å². The Hall–Kier alpha value is -1.16. The van der Waals surface area contributed by atoms with E-state index >= 15 is 0 Å². The quantitative estimate of drug-likeness (QED) is 0.329. The van der Waals surface area contributed by atoms with Crippen LogP contribution in [0.25, 0.3) is 0 Å². The molecule has 0 aliphatic rings. The first kappa shape index (κ1) is 22.1. The van der Waals surface area contributed by atoms with Crippen LogP contribution in [0, 0.1) is 0 Å². The van der Waals surface area contributed by atoms with Crippen LogP contribution in [-0.4, -0.2) is 19.2 Å². The van der Waals surface area contributed by atoms with E-state index in [1.165, 1.54) is 11.1 Å². The van der Waals surface area contributed by atoms with Gasteiger partial charge < -0.3 is 0 Å². The topological polar surface area (TPSA) is 18.5 Å². The molecule has 0 heterocycles. The molecule has 0 aromatic heterocycles. The molecule has 0 unspecified atom stereocenters. The van der Waals surface area contributed by atoms with Gasteiger partial charge >= 0.3 is 172 Å². The van der Waals surface area contributed by atoms with Crippen molar-refractivity contribution in [3.05, 3.63) is 59.7 Å². The average molecular weight is 475 g/mol. The van der Waals surface area contributed by atoms with Crippen molar-refractivity contribution in [3.63, 3.8) is 0 Å². The standard InChI is InChI=1S/2C11H16O.2CH3.Sn/c2*1-3-9(4-2)10-7-5-6-8-11(10)12;;;/h2*5-9,12H,3-4H2,1-2H3;2*1H3;/q;;;;+2/p-2. The van der Waals surface area contributed by atoms with Crippen LogP contribution in [0.4, 0.5) is 0 Å². The van der Waals surface area contributed by atoms with Crippen molar-refractivity contribution >= 4 is 19.2 Å². The molecule has 0 spiro atoms. The van der Waals surface area contributed by atoms with Crippen LogP contribution < -0.4 is 6.15 Å². The Morgan fingerprint density at radius 1 is 0.630 bits per heavy atom. The molecule has 2 rings (SSSR count). The molecule has 2 nitrogen and oxygen atoms in total. The Kier molecular flexibility index (Phi) is 8.53. The van der Waals surface area contributed by atoms with Crippen molar-refractivity contribution in [2.45, 2.75) is 75.1 Å². The zero-order chi connectivity index (χ0) is 19.9. The number of hydrogen-bond acceptors (Lipinski definition) is 2. The number of rotatable bonds is 10. The maximum absolute atomic E-state index is 6.61. The monoisotopic (exact) mass is 476 g/mol. The molecule has 0 fully saturated rings. The normalized spacial score (nSPS) is 11.9. The maximum atomic E-state index is 6.61. The summed E-state index contributed by atoms with van der Waals surface area (Å²) in [5.74, 6) is 3.12. The predicted octanol–water partition coefficient (Wildman–Crippen LogP) is 7.65. The van der Waals surface area contributed by atoms with Crippen molar-refractivity contribution in [2.24, 2.45) is 0 Å². The van der Waals surface area contributed by atoms with Gasteiger partial charge in [0.25, 0.3) is 0 Å². The van der Waals surface area contributed by atoms with Crippen LogP contribution in [0.5, 0.6) is 11.5 Å². The molecule has 0 amide bonds. The molecular weight excluding hydrogens is 439 g/mol. The van der Waals surface area contributed by atoms with Gasteiger partial charge in [-0.3, -0.25) is 0 Å². The summed E-state index contributed by atoms with van der Waals surface area (Å²) in [4.78, 5) is 4.42. The summed E-state index contributed by atoms with van der Waals surface area (Å²) >= 11 is -3.23. The van der Waals surface area contributed by atoms with Crippen molar-refractivity contribution in [3.8, 4) is 11.5 Å². The second kappa shape index (κ2) is 10.4. The van der Waals surface area contributed by atoms with Gasteiger partial charge in [0.15, 0.2) is 0 Å². The molecule has 0 aliphatic heterocycles. The minimum atomic E-state index is -3.23. The molecule has 2 aromatic rings. The summed E-state index contributed by atoms with van der Waals surface area (Å²) in [5.41, 5.74) is 2.65. The molecule has 27 heavy (non-hydrogen) atoms. The summed E-state index contributed by atoms with van der Waals surface area (Å²) in [6, 6.07) is 17.0. The molecular formula is C24H36O2Sn. The second-order valence-electron chi connectivity index (χ2n) is 7.71. The fourth-order valence-corrected chi connectivity index (χ4v) is 8.03. The third-order valence-electron chi connectivity index (χ3n) is 5.40. The fourth-order valence-electron chi connectivity index (χ4n) is 3.83. The van der Waals surface area contributed by atoms with Gasteiger partial charge in [0.1, 0.15) is 0 Å². The first-order valence-electron chi connectivity index (χ1n) is 10.5. The van der Waals surface area contributed by atoms with E-state index in [0.29, 0.717) is 11.8 Å². The Balaban J connectivity index is 2.27. The van der Waals surface area contributed by atoms with Gasteiger partial charge in [-0.2, -0.15) is 0 Å². The van der Waals surface area contributed by atoms with Crippen molar-refractivity contribution in [1.29, 1.82) is 0 Å². The van der Waals surface area contributed by atoms with Crippen LogP contribution >= 0.6 is 0 Å². The SMILES string of the molecule is CCC(CC)c1ccccc1[O][Sn]([CH3])([CH3])[O]c1ccccc1C(CC)CC. The van der Waals surface area contributed by atoms with E-state index in [0.717, 1.165) is 37.2 Å². The summed E-state index contributed by atoms with van der Waals surface area (Å²) in [7, 11) is 0. The summed E-state index contributed by atoms with van der Waals surface area (Å²) in [5, 5.41) is 0. The van der Waals surface area contributed by atoms with E-state index in [4.69, 9.17) is 6.15 Å². The van der Waals surface area contributed by atoms with Gasteiger partial charge in [-0.25, -0.2) is 0 Å². The van der Waals surface area contributed by atoms with Crippen molar-refractivity contribution in [1.82, 2.24) is 0 Å². The molecule has 0 saturated heterocycles. The predicted molar refractivity (Wildman–Crippen MR) is 118 cm³/mol. The molecule has 0 radical (unpaired) electrons. The molecule has 0 aliphatic carbocycles. The third kappa shape index (κ3) is 5.91. The Morgan fingerprint density at radius 3 is 1.30 bits per heavy atom. The minimum absolute atomic E-state index is 0.542. The summed E-state index contributed by atoms with van der Waals surface area (Å²) < 4.78 is 13.2. The van der Waals surface area contributed by atoms with Crippen LogP contribution in [0.15, 0.2) is 48.5 Å². The number of benzene rings is 2. The molecule has 0 N–H and O–H groups in total. The van der Waals surface area contributed by atoms with Gasteiger partial charge in [0, 0.05) is 0 Å². The van der Waals surface area contributed by atoms with Gasteiger partial charge in [-0.15, -0.1) is 0 Å². The molecule has 0 bridgehead atoms. The summed E-state index contributed by atoms with van der Waals surface area (Å²) in [6.07, 6.45) is 4.52. The molecule has 0 atom stereocenters. The first-order valence-corrected chi connectivity index (χ1v) is 18.5. The van der Waals surface area contributed by atoms with E-state index in [-0.39, 0.29) is 0 Å². The molecule has 3 heteroatoms. The van der Waals surface area contributed by atoms with E-state index in [9.17, 15) is 0 Å². The molecule has 148 valence electrons. The van der Waals surface area contributed by atoms with Gasteiger partial charge in [-0.05, 0) is 0 Å². The van der Waals surface area contributed by atoms with Crippen molar-refractivity contribution < 1.29 is 6.15 Å². The molecule has 0 saturated carbocycles. The fraction of sp³-hybridized carbons (Fsp3) is 0.500. The van der Waals surface area contributed by atoms with Crippen LogP contribution in [-0.2, 0) is 0 Å². The van der Waals surface area contributed by atoms with E-state index in [2.05, 4.69) is 86.1 Å². The van der Waals surface area contributed by atoms with Crippen LogP contribution in [0.3, 0.4) is 0 Å². The Labute approximate surface area is 171 Å². The van der Waals surface area contributed by atoms with Gasteiger partial charge in [0.05, 0.1) is 0 Å². The van der Waals surface area contributed by atoms with E-state index in [1.807, 2.05) is 0 Å². The number of hydrogen-bond donors (Lipinski definition) is 0. The second-order valence-corrected chi connectivity index (χ2v) is 16.9. The molecule has 2 aromatic carbocycles. The third-order valence-corrected chi connectivity index (χ3v) is 9.46. The van der Waals surface area contributed by atoms with Gasteiger partial charge in [0.2, 0.25) is 0 Å². The first-order chi connectivity index (χ1) is 13.0. The zero-order valence-electron chi connectivity index (χ0n) is 17.9. The van der Waals surface area contributed by atoms with Crippen molar-refractivity contribution in [2.75, 3.05) is 0 Å². The average Bonchev–Trinajstić information content (AvgIpc) is 2.66. The Bertz CT molecular complexity index is 644.